The summed E-state index contributed by atoms with van der Waals surface area (Å²) in [5.41, 5.74) is 0.741. The van der Waals surface area contributed by atoms with Gasteiger partial charge in [0.25, 0.3) is 0 Å². The first-order chi connectivity index (χ1) is 13.4. The Morgan fingerprint density at radius 1 is 0.964 bits per heavy atom. The minimum atomic E-state index is -0.697. The van der Waals surface area contributed by atoms with E-state index in [1.165, 1.54) is 57.8 Å². The Morgan fingerprint density at radius 3 is 2.50 bits per heavy atom. The quantitative estimate of drug-likeness (QED) is 0.524. The molecule has 0 spiro atoms. The summed E-state index contributed by atoms with van der Waals surface area (Å²) in [5, 5.41) is 20.8. The number of aliphatic hydroxyl groups is 2. The van der Waals surface area contributed by atoms with Gasteiger partial charge in [0.05, 0.1) is 6.61 Å². The van der Waals surface area contributed by atoms with Crippen molar-refractivity contribution in [1.29, 1.82) is 0 Å². The fraction of sp³-hybridized carbons (Fsp3) is 0.846. The van der Waals surface area contributed by atoms with Crippen molar-refractivity contribution in [3.05, 3.63) is 12.2 Å². The Labute approximate surface area is 171 Å². The molecule has 154 valence electrons. The van der Waals surface area contributed by atoms with Gasteiger partial charge in [-0.3, -0.25) is 0 Å². The van der Waals surface area contributed by atoms with Gasteiger partial charge in [-0.05, 0) is 117 Å². The number of hydrogen-bond acceptors (Lipinski definition) is 2. The molecule has 5 fully saturated rings. The van der Waals surface area contributed by atoms with E-state index in [1.807, 2.05) is 0 Å². The largest absolute Gasteiger partial charge is 0.392 e. The Morgan fingerprint density at radius 2 is 1.75 bits per heavy atom. The van der Waals surface area contributed by atoms with Gasteiger partial charge in [0.15, 0.2) is 0 Å². The van der Waals surface area contributed by atoms with E-state index in [-0.39, 0.29) is 6.61 Å². The molecule has 0 radical (unpaired) electrons. The summed E-state index contributed by atoms with van der Waals surface area (Å²) in [6.07, 6.45) is 13.3. The maximum atomic E-state index is 11.1. The third-order valence-electron chi connectivity index (χ3n) is 9.79. The molecule has 2 nitrogen and oxygen atoms in total. The lowest BCUT2D eigenvalue weighted by molar-refractivity contribution is -0.0876. The smallest absolute Gasteiger partial charge is 0.125 e. The second kappa shape index (κ2) is 6.88. The van der Waals surface area contributed by atoms with Crippen LogP contribution in [0, 0.1) is 58.7 Å². The summed E-state index contributed by atoms with van der Waals surface area (Å²) in [5.74, 6) is 11.8. The van der Waals surface area contributed by atoms with Crippen LogP contribution in [0.1, 0.15) is 77.6 Å². The summed E-state index contributed by atoms with van der Waals surface area (Å²) >= 11 is 0. The van der Waals surface area contributed by atoms with E-state index in [2.05, 4.69) is 25.3 Å². The van der Waals surface area contributed by atoms with E-state index in [1.54, 1.807) is 0 Å². The number of hydrogen-bond donors (Lipinski definition) is 2. The second-order valence-electron chi connectivity index (χ2n) is 11.2. The molecule has 5 rings (SSSR count). The van der Waals surface area contributed by atoms with Gasteiger partial charge in [-0.2, -0.15) is 0 Å². The molecule has 2 heteroatoms. The summed E-state index contributed by atoms with van der Waals surface area (Å²) < 4.78 is 0. The lowest BCUT2D eigenvalue weighted by Crippen LogP contribution is -2.50. The summed E-state index contributed by atoms with van der Waals surface area (Å²) in [7, 11) is 0. The van der Waals surface area contributed by atoms with E-state index < -0.39 is 5.60 Å². The predicted molar refractivity (Wildman–Crippen MR) is 112 cm³/mol. The first-order valence-electron chi connectivity index (χ1n) is 12.0. The van der Waals surface area contributed by atoms with Gasteiger partial charge in [-0.25, -0.2) is 0 Å². The van der Waals surface area contributed by atoms with Crippen LogP contribution in [0.5, 0.6) is 0 Å². The highest BCUT2D eigenvalue weighted by Crippen LogP contribution is 2.65. The van der Waals surface area contributed by atoms with Crippen LogP contribution in [-0.4, -0.2) is 22.4 Å². The molecule has 28 heavy (non-hydrogen) atoms. The summed E-state index contributed by atoms with van der Waals surface area (Å²) in [6, 6.07) is 0. The standard InChI is InChI=1S/C26H38O2/c1-17(16-27)23-7-8-24-22-6-5-19-15-26(28,13-9-18-3-4-18)14-11-20(19)21(22)10-12-25(23,24)2/h18-24,27-28H,1,3-8,10-12,14-16H2,2H3/t19-,20+,21-,22-,23-,24+,25-,26+/m1/s1. The Bertz CT molecular complexity index is 697. The third kappa shape index (κ3) is 3.09. The highest BCUT2D eigenvalue weighted by atomic mass is 16.3. The highest BCUT2D eigenvalue weighted by Gasteiger charge is 2.57. The number of fused-ring (bicyclic) bond motifs is 5. The van der Waals surface area contributed by atoms with E-state index in [4.69, 9.17) is 0 Å². The van der Waals surface area contributed by atoms with Crippen molar-refractivity contribution in [2.75, 3.05) is 6.61 Å². The Balaban J connectivity index is 1.31. The molecule has 0 bridgehead atoms. The molecule has 0 aromatic carbocycles. The van der Waals surface area contributed by atoms with Gasteiger partial charge >= 0.3 is 0 Å². The average Bonchev–Trinajstić information content (AvgIpc) is 3.45. The molecule has 5 aliphatic rings. The molecule has 0 heterocycles. The van der Waals surface area contributed by atoms with Crippen molar-refractivity contribution in [2.45, 2.75) is 83.2 Å². The molecule has 0 aromatic rings. The molecule has 0 aromatic heterocycles. The van der Waals surface area contributed by atoms with Gasteiger partial charge in [-0.1, -0.05) is 25.3 Å². The fourth-order valence-corrected chi connectivity index (χ4v) is 8.24. The molecule has 0 saturated heterocycles. The lowest BCUT2D eigenvalue weighted by atomic mass is 9.48. The van der Waals surface area contributed by atoms with Crippen LogP contribution in [-0.2, 0) is 0 Å². The first kappa shape index (κ1) is 19.2. The number of rotatable bonds is 2. The van der Waals surface area contributed by atoms with Crippen LogP contribution in [0.15, 0.2) is 12.2 Å². The van der Waals surface area contributed by atoms with Crippen LogP contribution in [0.25, 0.3) is 0 Å². The molecule has 2 N–H and O–H groups in total. The molecular weight excluding hydrogens is 344 g/mol. The minimum Gasteiger partial charge on any atom is -0.392 e. The van der Waals surface area contributed by atoms with Gasteiger partial charge < -0.3 is 10.2 Å². The maximum Gasteiger partial charge on any atom is 0.125 e. The summed E-state index contributed by atoms with van der Waals surface area (Å²) in [4.78, 5) is 0. The van der Waals surface area contributed by atoms with Crippen molar-refractivity contribution in [2.24, 2.45) is 46.8 Å². The molecular formula is C26H38O2. The van der Waals surface area contributed by atoms with Crippen molar-refractivity contribution in [3.8, 4) is 11.8 Å². The Kier molecular flexibility index (Phi) is 4.72. The van der Waals surface area contributed by atoms with E-state index in [9.17, 15) is 10.2 Å². The molecule has 8 atom stereocenters. The first-order valence-corrected chi connectivity index (χ1v) is 12.0. The molecule has 0 unspecified atom stereocenters. The average molecular weight is 383 g/mol. The van der Waals surface area contributed by atoms with Crippen LogP contribution in [0.3, 0.4) is 0 Å². The zero-order valence-electron chi connectivity index (χ0n) is 17.6. The van der Waals surface area contributed by atoms with E-state index >= 15 is 0 Å². The Hall–Kier alpha value is -0.780. The van der Waals surface area contributed by atoms with Crippen LogP contribution in [0.2, 0.25) is 0 Å². The SMILES string of the molecule is C=C(CO)[C@H]1CC[C@H]2[C@@H]3CC[C@@H]4C[C@](O)(C#CC5CC5)CC[C@@H]4[C@H]3CC[C@]12C. The minimum absolute atomic E-state index is 0.159. The zero-order chi connectivity index (χ0) is 19.5. The van der Waals surface area contributed by atoms with Crippen molar-refractivity contribution >= 4 is 0 Å². The highest BCUT2D eigenvalue weighted by molar-refractivity contribution is 5.21. The van der Waals surface area contributed by atoms with Gasteiger partial charge in [0.2, 0.25) is 0 Å². The van der Waals surface area contributed by atoms with Crippen LogP contribution < -0.4 is 0 Å². The molecule has 0 aliphatic heterocycles. The number of aliphatic hydroxyl groups excluding tert-OH is 1. The van der Waals surface area contributed by atoms with Crippen LogP contribution >= 0.6 is 0 Å². The molecule has 5 saturated carbocycles. The van der Waals surface area contributed by atoms with Crippen molar-refractivity contribution in [3.63, 3.8) is 0 Å². The normalized spacial score (nSPS) is 50.0. The van der Waals surface area contributed by atoms with Crippen molar-refractivity contribution < 1.29 is 10.2 Å². The third-order valence-corrected chi connectivity index (χ3v) is 9.79. The predicted octanol–water partition coefficient (Wildman–Crippen LogP) is 4.95. The van der Waals surface area contributed by atoms with E-state index in [0.717, 1.165) is 42.1 Å². The second-order valence-corrected chi connectivity index (χ2v) is 11.2. The van der Waals surface area contributed by atoms with Crippen molar-refractivity contribution in [1.82, 2.24) is 0 Å². The monoisotopic (exact) mass is 382 g/mol. The molecule has 0 amide bonds. The van der Waals surface area contributed by atoms with E-state index in [0.29, 0.717) is 23.2 Å². The van der Waals surface area contributed by atoms with Crippen LogP contribution in [0.4, 0.5) is 0 Å². The van der Waals surface area contributed by atoms with Gasteiger partial charge in [0, 0.05) is 5.92 Å². The zero-order valence-corrected chi connectivity index (χ0v) is 17.6. The summed E-state index contributed by atoms with van der Waals surface area (Å²) in [6.45, 7) is 6.89. The fourth-order valence-electron chi connectivity index (χ4n) is 8.24. The maximum absolute atomic E-state index is 11.1. The van der Waals surface area contributed by atoms with Gasteiger partial charge in [-0.15, -0.1) is 0 Å². The topological polar surface area (TPSA) is 40.5 Å². The molecule has 5 aliphatic carbocycles. The van der Waals surface area contributed by atoms with Gasteiger partial charge in [0.1, 0.15) is 5.60 Å². The lowest BCUT2D eigenvalue weighted by Gasteiger charge is -2.57.